The molecule has 0 aliphatic rings. The SMILES string of the molecule is COc1ccc(S(=O)(=O)Nc2ncccc2Cl)cc1CO. The van der Waals surface area contributed by atoms with Crippen LogP contribution in [-0.2, 0) is 16.6 Å². The molecule has 0 fully saturated rings. The Kier molecular flexibility index (Phi) is 4.66. The van der Waals surface area contributed by atoms with Crippen molar-refractivity contribution in [1.29, 1.82) is 0 Å². The first-order chi connectivity index (χ1) is 9.97. The highest BCUT2D eigenvalue weighted by molar-refractivity contribution is 7.92. The summed E-state index contributed by atoms with van der Waals surface area (Å²) in [5.41, 5.74) is 0.368. The van der Waals surface area contributed by atoms with Gasteiger partial charge in [-0.1, -0.05) is 11.6 Å². The number of pyridine rings is 1. The van der Waals surface area contributed by atoms with E-state index in [0.717, 1.165) is 0 Å². The van der Waals surface area contributed by atoms with E-state index < -0.39 is 10.0 Å². The number of aromatic nitrogens is 1. The number of anilines is 1. The second kappa shape index (κ2) is 6.30. The third-order valence-electron chi connectivity index (χ3n) is 2.72. The third kappa shape index (κ3) is 3.44. The van der Waals surface area contributed by atoms with Crippen LogP contribution >= 0.6 is 11.6 Å². The molecule has 0 amide bonds. The zero-order valence-corrected chi connectivity index (χ0v) is 12.6. The Hall–Kier alpha value is -1.83. The van der Waals surface area contributed by atoms with E-state index in [9.17, 15) is 13.5 Å². The van der Waals surface area contributed by atoms with Gasteiger partial charge in [0.2, 0.25) is 0 Å². The van der Waals surface area contributed by atoms with Crippen molar-refractivity contribution in [3.05, 3.63) is 47.1 Å². The van der Waals surface area contributed by atoms with Crippen LogP contribution in [0.2, 0.25) is 5.02 Å². The number of rotatable bonds is 5. The van der Waals surface area contributed by atoms with Gasteiger partial charge in [0, 0.05) is 11.8 Å². The number of ether oxygens (including phenoxy) is 1. The molecule has 0 atom stereocenters. The van der Waals surface area contributed by atoms with Crippen LogP contribution in [0.15, 0.2) is 41.4 Å². The second-order valence-electron chi connectivity index (χ2n) is 4.07. The lowest BCUT2D eigenvalue weighted by Crippen LogP contribution is -2.14. The largest absolute Gasteiger partial charge is 0.496 e. The van der Waals surface area contributed by atoms with E-state index in [1.807, 2.05) is 0 Å². The number of aliphatic hydroxyl groups excluding tert-OH is 1. The number of benzene rings is 1. The van der Waals surface area contributed by atoms with E-state index >= 15 is 0 Å². The summed E-state index contributed by atoms with van der Waals surface area (Å²) in [6.45, 7) is -0.336. The molecule has 1 aromatic carbocycles. The molecule has 0 radical (unpaired) electrons. The number of nitrogens with one attached hydrogen (secondary N) is 1. The first kappa shape index (κ1) is 15.6. The van der Waals surface area contributed by atoms with Gasteiger partial charge in [0.05, 0.1) is 23.6 Å². The summed E-state index contributed by atoms with van der Waals surface area (Å²) < 4.78 is 31.9. The Bertz CT molecular complexity index is 750. The Morgan fingerprint density at radius 1 is 1.38 bits per heavy atom. The molecule has 2 aromatic rings. The number of aliphatic hydroxyl groups is 1. The van der Waals surface area contributed by atoms with Gasteiger partial charge in [-0.3, -0.25) is 4.72 Å². The van der Waals surface area contributed by atoms with Gasteiger partial charge in [-0.25, -0.2) is 13.4 Å². The minimum Gasteiger partial charge on any atom is -0.496 e. The van der Waals surface area contributed by atoms with Crippen molar-refractivity contribution in [3.8, 4) is 5.75 Å². The maximum atomic E-state index is 12.3. The molecule has 1 heterocycles. The van der Waals surface area contributed by atoms with Gasteiger partial charge in [0.25, 0.3) is 10.0 Å². The van der Waals surface area contributed by atoms with Crippen molar-refractivity contribution < 1.29 is 18.3 Å². The first-order valence-electron chi connectivity index (χ1n) is 5.89. The molecule has 21 heavy (non-hydrogen) atoms. The molecule has 112 valence electrons. The topological polar surface area (TPSA) is 88.5 Å². The smallest absolute Gasteiger partial charge is 0.263 e. The number of hydrogen-bond donors (Lipinski definition) is 2. The van der Waals surface area contributed by atoms with Crippen molar-refractivity contribution in [2.75, 3.05) is 11.8 Å². The predicted octanol–water partition coefficient (Wildman–Crippen LogP) is 2.04. The second-order valence-corrected chi connectivity index (χ2v) is 6.16. The standard InChI is InChI=1S/C13H13ClN2O4S/c1-20-12-5-4-10(7-9(12)8-17)21(18,19)16-13-11(14)3-2-6-15-13/h2-7,17H,8H2,1H3,(H,15,16). The van der Waals surface area contributed by atoms with Crippen molar-refractivity contribution >= 4 is 27.4 Å². The fourth-order valence-electron chi connectivity index (χ4n) is 1.69. The molecule has 8 heteroatoms. The number of nitrogens with zero attached hydrogens (tertiary/aromatic N) is 1. The monoisotopic (exact) mass is 328 g/mol. The fourth-order valence-corrected chi connectivity index (χ4v) is 3.00. The molecule has 0 spiro atoms. The number of halogens is 1. The van der Waals surface area contributed by atoms with Crippen LogP contribution in [0, 0.1) is 0 Å². The molecule has 0 saturated carbocycles. The average Bonchev–Trinajstić information content (AvgIpc) is 2.48. The maximum Gasteiger partial charge on any atom is 0.263 e. The molecule has 6 nitrogen and oxygen atoms in total. The predicted molar refractivity (Wildman–Crippen MR) is 79.0 cm³/mol. The number of methoxy groups -OCH3 is 1. The van der Waals surface area contributed by atoms with Gasteiger partial charge in [-0.2, -0.15) is 0 Å². The Morgan fingerprint density at radius 2 is 2.14 bits per heavy atom. The maximum absolute atomic E-state index is 12.3. The zero-order chi connectivity index (χ0) is 15.5. The molecule has 0 bridgehead atoms. The van der Waals surface area contributed by atoms with Crippen LogP contribution in [0.4, 0.5) is 5.82 Å². The fraction of sp³-hybridized carbons (Fsp3) is 0.154. The summed E-state index contributed by atoms with van der Waals surface area (Å²) in [6.07, 6.45) is 1.43. The van der Waals surface area contributed by atoms with Gasteiger partial charge in [-0.15, -0.1) is 0 Å². The Labute approximate surface area is 127 Å². The molecule has 0 saturated heterocycles. The van der Waals surface area contributed by atoms with E-state index in [-0.39, 0.29) is 22.3 Å². The highest BCUT2D eigenvalue weighted by Gasteiger charge is 2.18. The molecule has 0 aliphatic carbocycles. The van der Waals surface area contributed by atoms with Gasteiger partial charge >= 0.3 is 0 Å². The van der Waals surface area contributed by atoms with Crippen LogP contribution in [0.25, 0.3) is 0 Å². The Balaban J connectivity index is 2.38. The van der Waals surface area contributed by atoms with Gasteiger partial charge in [0.1, 0.15) is 5.75 Å². The molecule has 0 aliphatic heterocycles. The molecule has 2 rings (SSSR count). The van der Waals surface area contributed by atoms with Crippen molar-refractivity contribution in [2.45, 2.75) is 11.5 Å². The van der Waals surface area contributed by atoms with Crippen LogP contribution in [-0.4, -0.2) is 25.6 Å². The zero-order valence-electron chi connectivity index (χ0n) is 11.1. The van der Waals surface area contributed by atoms with Gasteiger partial charge < -0.3 is 9.84 Å². The normalized spacial score (nSPS) is 11.2. The minimum absolute atomic E-state index is 0.0194. The molecule has 2 N–H and O–H groups in total. The highest BCUT2D eigenvalue weighted by Crippen LogP contribution is 2.25. The molecule has 1 aromatic heterocycles. The third-order valence-corrected chi connectivity index (χ3v) is 4.36. The summed E-state index contributed by atoms with van der Waals surface area (Å²) in [6, 6.07) is 7.30. The first-order valence-corrected chi connectivity index (χ1v) is 7.75. The summed E-state index contributed by atoms with van der Waals surface area (Å²) in [7, 11) is -2.42. The van der Waals surface area contributed by atoms with E-state index in [2.05, 4.69) is 9.71 Å². The van der Waals surface area contributed by atoms with Crippen LogP contribution in [0.5, 0.6) is 5.75 Å². The molecule has 0 unspecified atom stereocenters. The number of hydrogen-bond acceptors (Lipinski definition) is 5. The van der Waals surface area contributed by atoms with Crippen molar-refractivity contribution in [3.63, 3.8) is 0 Å². The molecular weight excluding hydrogens is 316 g/mol. The summed E-state index contributed by atoms with van der Waals surface area (Å²) in [5, 5.41) is 9.44. The van der Waals surface area contributed by atoms with Crippen LogP contribution in [0.3, 0.4) is 0 Å². The lowest BCUT2D eigenvalue weighted by molar-refractivity contribution is 0.273. The quantitative estimate of drug-likeness (QED) is 0.876. The minimum atomic E-state index is -3.86. The van der Waals surface area contributed by atoms with E-state index in [1.165, 1.54) is 37.6 Å². The summed E-state index contributed by atoms with van der Waals surface area (Å²) >= 11 is 5.87. The van der Waals surface area contributed by atoms with E-state index in [4.69, 9.17) is 16.3 Å². The Morgan fingerprint density at radius 3 is 2.76 bits per heavy atom. The van der Waals surface area contributed by atoms with Crippen molar-refractivity contribution in [1.82, 2.24) is 4.98 Å². The van der Waals surface area contributed by atoms with Crippen LogP contribution < -0.4 is 9.46 Å². The summed E-state index contributed by atoms with van der Waals surface area (Å²) in [4.78, 5) is 3.85. The summed E-state index contributed by atoms with van der Waals surface area (Å²) in [5.74, 6) is 0.452. The van der Waals surface area contributed by atoms with E-state index in [0.29, 0.717) is 11.3 Å². The van der Waals surface area contributed by atoms with Crippen molar-refractivity contribution in [2.24, 2.45) is 0 Å². The average molecular weight is 329 g/mol. The van der Waals surface area contributed by atoms with Crippen LogP contribution in [0.1, 0.15) is 5.56 Å². The number of sulfonamides is 1. The molecular formula is C13H13ClN2O4S. The van der Waals surface area contributed by atoms with Gasteiger partial charge in [0.15, 0.2) is 5.82 Å². The lowest BCUT2D eigenvalue weighted by Gasteiger charge is -2.11. The van der Waals surface area contributed by atoms with E-state index in [1.54, 1.807) is 6.07 Å². The highest BCUT2D eigenvalue weighted by atomic mass is 35.5. The van der Waals surface area contributed by atoms with Gasteiger partial charge in [-0.05, 0) is 30.3 Å². The lowest BCUT2D eigenvalue weighted by atomic mass is 10.2.